The number of hydrogen-bond donors (Lipinski definition) is 4. The van der Waals surface area contributed by atoms with Crippen molar-refractivity contribution in [1.29, 1.82) is 0 Å². The average Bonchev–Trinajstić information content (AvgIpc) is 2.68. The number of aliphatic hydroxyl groups excluding tert-OH is 4. The number of aliphatic hydroxyl groups is 4. The van der Waals surface area contributed by atoms with Crippen LogP contribution in [-0.2, 0) is 22.7 Å². The lowest BCUT2D eigenvalue weighted by molar-refractivity contribution is -0.136. The first-order chi connectivity index (χ1) is 12.6. The molecule has 26 heavy (non-hydrogen) atoms. The van der Waals surface area contributed by atoms with Crippen molar-refractivity contribution in [3.05, 3.63) is 71.8 Å². The molecule has 0 aromatic heterocycles. The standard InChI is InChI=1S/C20H26O6/c21-17(13-25-11-15-7-3-1-4-8-15)19(23)20(24)18(22)14-26-12-16-9-5-2-6-10-16/h1-10,17-24H,11-14H2. The molecular weight excluding hydrogens is 336 g/mol. The van der Waals surface area contributed by atoms with Crippen molar-refractivity contribution in [1.82, 2.24) is 0 Å². The first-order valence-electron chi connectivity index (χ1n) is 8.53. The minimum atomic E-state index is -1.54. The predicted octanol–water partition coefficient (Wildman–Crippen LogP) is 0.864. The fourth-order valence-electron chi connectivity index (χ4n) is 2.40. The number of benzene rings is 2. The van der Waals surface area contributed by atoms with Crippen molar-refractivity contribution in [3.8, 4) is 0 Å². The van der Waals surface area contributed by atoms with Crippen molar-refractivity contribution in [3.63, 3.8) is 0 Å². The van der Waals surface area contributed by atoms with E-state index in [1.807, 2.05) is 60.7 Å². The van der Waals surface area contributed by atoms with Gasteiger partial charge in [-0.25, -0.2) is 0 Å². The molecule has 4 unspecified atom stereocenters. The highest BCUT2D eigenvalue weighted by Gasteiger charge is 2.30. The molecule has 0 heterocycles. The van der Waals surface area contributed by atoms with E-state index in [9.17, 15) is 20.4 Å². The zero-order valence-corrected chi connectivity index (χ0v) is 14.5. The largest absolute Gasteiger partial charge is 0.388 e. The van der Waals surface area contributed by atoms with Gasteiger partial charge in [0.25, 0.3) is 0 Å². The smallest absolute Gasteiger partial charge is 0.111 e. The highest BCUT2D eigenvalue weighted by molar-refractivity contribution is 5.14. The van der Waals surface area contributed by atoms with Crippen LogP contribution in [0.5, 0.6) is 0 Å². The maximum atomic E-state index is 9.97. The van der Waals surface area contributed by atoms with Gasteiger partial charge in [0.2, 0.25) is 0 Å². The molecule has 6 nitrogen and oxygen atoms in total. The third-order valence-corrected chi connectivity index (χ3v) is 3.94. The van der Waals surface area contributed by atoms with E-state index < -0.39 is 24.4 Å². The van der Waals surface area contributed by atoms with E-state index in [-0.39, 0.29) is 26.4 Å². The van der Waals surface area contributed by atoms with Crippen LogP contribution in [0.3, 0.4) is 0 Å². The molecule has 0 aliphatic heterocycles. The Kier molecular flexibility index (Phi) is 8.70. The van der Waals surface area contributed by atoms with Gasteiger partial charge < -0.3 is 29.9 Å². The molecule has 2 aromatic rings. The van der Waals surface area contributed by atoms with E-state index in [4.69, 9.17) is 9.47 Å². The van der Waals surface area contributed by atoms with Gasteiger partial charge in [0.1, 0.15) is 24.4 Å². The molecule has 0 bridgehead atoms. The maximum Gasteiger partial charge on any atom is 0.111 e. The minimum absolute atomic E-state index is 0.162. The van der Waals surface area contributed by atoms with E-state index in [1.165, 1.54) is 0 Å². The fraction of sp³-hybridized carbons (Fsp3) is 0.400. The molecule has 0 amide bonds. The van der Waals surface area contributed by atoms with Gasteiger partial charge in [-0.05, 0) is 11.1 Å². The number of hydrogen-bond acceptors (Lipinski definition) is 6. The Labute approximate surface area is 153 Å². The van der Waals surface area contributed by atoms with E-state index in [1.54, 1.807) is 0 Å². The molecule has 6 heteroatoms. The van der Waals surface area contributed by atoms with Crippen LogP contribution in [0.4, 0.5) is 0 Å². The lowest BCUT2D eigenvalue weighted by atomic mass is 10.0. The van der Waals surface area contributed by atoms with Gasteiger partial charge in [-0.1, -0.05) is 60.7 Å². The monoisotopic (exact) mass is 362 g/mol. The second kappa shape index (κ2) is 11.0. The molecule has 4 atom stereocenters. The summed E-state index contributed by atoms with van der Waals surface area (Å²) in [5.41, 5.74) is 1.87. The molecule has 0 saturated carbocycles. The molecular formula is C20H26O6. The Bertz CT molecular complexity index is 551. The summed E-state index contributed by atoms with van der Waals surface area (Å²) in [6, 6.07) is 18.8. The van der Waals surface area contributed by atoms with Crippen molar-refractivity contribution < 1.29 is 29.9 Å². The normalized spacial score (nSPS) is 16.0. The summed E-state index contributed by atoms with van der Waals surface area (Å²) < 4.78 is 10.7. The van der Waals surface area contributed by atoms with Crippen molar-refractivity contribution >= 4 is 0 Å². The Morgan fingerprint density at radius 2 is 0.923 bits per heavy atom. The van der Waals surface area contributed by atoms with Crippen LogP contribution in [0, 0.1) is 0 Å². The molecule has 0 fully saturated rings. The summed E-state index contributed by atoms with van der Waals surface area (Å²) in [6.45, 7) is 0.238. The highest BCUT2D eigenvalue weighted by Crippen LogP contribution is 2.09. The molecule has 2 rings (SSSR count). The SMILES string of the molecule is OC(COCc1ccccc1)C(O)C(O)C(O)COCc1ccccc1. The fourth-order valence-corrected chi connectivity index (χ4v) is 2.40. The maximum absolute atomic E-state index is 9.97. The van der Waals surface area contributed by atoms with Crippen LogP contribution in [0.2, 0.25) is 0 Å². The van der Waals surface area contributed by atoms with Gasteiger partial charge in [-0.2, -0.15) is 0 Å². The average molecular weight is 362 g/mol. The molecule has 0 spiro atoms. The van der Waals surface area contributed by atoms with E-state index in [2.05, 4.69) is 0 Å². The first-order valence-corrected chi connectivity index (χ1v) is 8.53. The lowest BCUT2D eigenvalue weighted by Gasteiger charge is -2.26. The van der Waals surface area contributed by atoms with Gasteiger partial charge in [-0.3, -0.25) is 0 Å². The second-order valence-corrected chi connectivity index (χ2v) is 6.12. The third kappa shape index (κ3) is 6.84. The van der Waals surface area contributed by atoms with Crippen molar-refractivity contribution in [2.75, 3.05) is 13.2 Å². The van der Waals surface area contributed by atoms with Crippen molar-refractivity contribution in [2.24, 2.45) is 0 Å². The summed E-state index contributed by atoms with van der Waals surface area (Å²) in [6.07, 6.45) is -5.72. The van der Waals surface area contributed by atoms with Crippen molar-refractivity contribution in [2.45, 2.75) is 37.6 Å². The third-order valence-electron chi connectivity index (χ3n) is 3.94. The Balaban J connectivity index is 1.68. The van der Waals surface area contributed by atoms with Crippen LogP contribution < -0.4 is 0 Å². The van der Waals surface area contributed by atoms with Crippen LogP contribution >= 0.6 is 0 Å². The summed E-state index contributed by atoms with van der Waals surface area (Å²) >= 11 is 0. The molecule has 0 aliphatic rings. The quantitative estimate of drug-likeness (QED) is 0.473. The zero-order chi connectivity index (χ0) is 18.8. The van der Waals surface area contributed by atoms with E-state index >= 15 is 0 Å². The molecule has 0 aliphatic carbocycles. The molecule has 0 saturated heterocycles. The molecule has 2 aromatic carbocycles. The number of ether oxygens (including phenoxy) is 2. The van der Waals surface area contributed by atoms with Crippen LogP contribution in [0.1, 0.15) is 11.1 Å². The Morgan fingerprint density at radius 3 is 1.27 bits per heavy atom. The summed E-state index contributed by atoms with van der Waals surface area (Å²) in [4.78, 5) is 0. The number of rotatable bonds is 11. The summed E-state index contributed by atoms with van der Waals surface area (Å²) in [5, 5.41) is 39.8. The summed E-state index contributed by atoms with van der Waals surface area (Å²) in [5.74, 6) is 0. The molecule has 142 valence electrons. The molecule has 4 N–H and O–H groups in total. The van der Waals surface area contributed by atoms with Crippen LogP contribution in [0.15, 0.2) is 60.7 Å². The zero-order valence-electron chi connectivity index (χ0n) is 14.5. The predicted molar refractivity (Wildman–Crippen MR) is 96.2 cm³/mol. The second-order valence-electron chi connectivity index (χ2n) is 6.12. The van der Waals surface area contributed by atoms with Gasteiger partial charge in [0.15, 0.2) is 0 Å². The lowest BCUT2D eigenvalue weighted by Crippen LogP contribution is -2.47. The van der Waals surface area contributed by atoms with Gasteiger partial charge in [-0.15, -0.1) is 0 Å². The topological polar surface area (TPSA) is 99.4 Å². The van der Waals surface area contributed by atoms with E-state index in [0.29, 0.717) is 0 Å². The minimum Gasteiger partial charge on any atom is -0.388 e. The summed E-state index contributed by atoms with van der Waals surface area (Å²) in [7, 11) is 0. The van der Waals surface area contributed by atoms with Crippen LogP contribution in [0.25, 0.3) is 0 Å². The van der Waals surface area contributed by atoms with Gasteiger partial charge >= 0.3 is 0 Å². The first kappa shape index (κ1) is 20.5. The molecule has 0 radical (unpaired) electrons. The van der Waals surface area contributed by atoms with Gasteiger partial charge in [0.05, 0.1) is 26.4 Å². The highest BCUT2D eigenvalue weighted by atomic mass is 16.5. The van der Waals surface area contributed by atoms with Gasteiger partial charge in [0, 0.05) is 0 Å². The van der Waals surface area contributed by atoms with E-state index in [0.717, 1.165) is 11.1 Å². The Hall–Kier alpha value is -1.80. The Morgan fingerprint density at radius 1 is 0.577 bits per heavy atom. The van der Waals surface area contributed by atoms with Crippen LogP contribution in [-0.4, -0.2) is 58.1 Å².